The number of carbonyl (C=O) groups is 1. The fourth-order valence-corrected chi connectivity index (χ4v) is 3.19. The second kappa shape index (κ2) is 19.7. The van der Waals surface area contributed by atoms with Crippen LogP contribution in [-0.4, -0.2) is 32.4 Å². The highest BCUT2D eigenvalue weighted by molar-refractivity contribution is 5.69. The van der Waals surface area contributed by atoms with Gasteiger partial charge in [-0.3, -0.25) is 4.79 Å². The summed E-state index contributed by atoms with van der Waals surface area (Å²) >= 11 is 0. The van der Waals surface area contributed by atoms with E-state index in [0.717, 1.165) is 25.0 Å². The van der Waals surface area contributed by atoms with Crippen molar-refractivity contribution in [3.8, 4) is 0 Å². The minimum atomic E-state index is -0.165. The Kier molecular flexibility index (Phi) is 19.0. The van der Waals surface area contributed by atoms with Gasteiger partial charge in [0, 0.05) is 19.4 Å². The van der Waals surface area contributed by atoms with Crippen molar-refractivity contribution in [2.45, 2.75) is 110 Å². The lowest BCUT2D eigenvalue weighted by Gasteiger charge is -2.16. The largest absolute Gasteiger partial charge is 0.498 e. The molecule has 0 bridgehead atoms. The van der Waals surface area contributed by atoms with Gasteiger partial charge in [-0.25, -0.2) is 0 Å². The van der Waals surface area contributed by atoms with Gasteiger partial charge in [0.05, 0.1) is 25.6 Å². The minimum absolute atomic E-state index is 0.110. The zero-order chi connectivity index (χ0) is 20.2. The third kappa shape index (κ3) is 16.8. The molecule has 0 radical (unpaired) electrons. The number of esters is 1. The quantitative estimate of drug-likeness (QED) is 0.143. The smallest absolute Gasteiger partial charge is 0.305 e. The summed E-state index contributed by atoms with van der Waals surface area (Å²) in [6, 6.07) is 0. The van der Waals surface area contributed by atoms with Gasteiger partial charge in [0.2, 0.25) is 0 Å². The number of hydrogen-bond acceptors (Lipinski definition) is 4. The summed E-state index contributed by atoms with van der Waals surface area (Å²) in [7, 11) is 1.43. The number of rotatable bonds is 19. The molecule has 0 aromatic heterocycles. The van der Waals surface area contributed by atoms with Gasteiger partial charge in [-0.15, -0.1) is 0 Å². The standard InChI is InChI=1S/C23H44O4/c1-5-8-9-10-11-12-13-14-15-17-21(26-6-2)20-22(27-7-3)18-16-19-23(24)25-4/h20-21H,5-19H2,1-4H3/b22-20+/t21-/m0/s1. The van der Waals surface area contributed by atoms with E-state index in [1.807, 2.05) is 13.8 Å². The van der Waals surface area contributed by atoms with Gasteiger partial charge < -0.3 is 14.2 Å². The molecule has 0 saturated carbocycles. The van der Waals surface area contributed by atoms with Gasteiger partial charge in [0.25, 0.3) is 0 Å². The van der Waals surface area contributed by atoms with E-state index in [1.54, 1.807) is 0 Å². The lowest BCUT2D eigenvalue weighted by atomic mass is 10.0. The van der Waals surface area contributed by atoms with Crippen molar-refractivity contribution in [3.63, 3.8) is 0 Å². The zero-order valence-electron chi connectivity index (χ0n) is 18.4. The molecule has 0 aromatic carbocycles. The zero-order valence-corrected chi connectivity index (χ0v) is 18.4. The second-order valence-corrected chi connectivity index (χ2v) is 7.11. The van der Waals surface area contributed by atoms with E-state index in [-0.39, 0.29) is 12.1 Å². The first-order valence-corrected chi connectivity index (χ1v) is 11.2. The molecule has 0 heterocycles. The highest BCUT2D eigenvalue weighted by Gasteiger charge is 2.10. The molecule has 0 rings (SSSR count). The molecular formula is C23H44O4. The number of hydrogen-bond donors (Lipinski definition) is 0. The average molecular weight is 385 g/mol. The molecule has 0 aliphatic heterocycles. The van der Waals surface area contributed by atoms with E-state index < -0.39 is 0 Å². The van der Waals surface area contributed by atoms with E-state index in [2.05, 4.69) is 13.0 Å². The van der Waals surface area contributed by atoms with E-state index >= 15 is 0 Å². The Morgan fingerprint density at radius 1 is 0.815 bits per heavy atom. The summed E-state index contributed by atoms with van der Waals surface area (Å²) < 4.78 is 16.3. The summed E-state index contributed by atoms with van der Waals surface area (Å²) in [5.41, 5.74) is 0. The maximum Gasteiger partial charge on any atom is 0.305 e. The third-order valence-corrected chi connectivity index (χ3v) is 4.71. The summed E-state index contributed by atoms with van der Waals surface area (Å²) in [4.78, 5) is 11.3. The summed E-state index contributed by atoms with van der Waals surface area (Å²) in [6.45, 7) is 7.64. The lowest BCUT2D eigenvalue weighted by molar-refractivity contribution is -0.140. The van der Waals surface area contributed by atoms with E-state index in [9.17, 15) is 4.79 Å². The third-order valence-electron chi connectivity index (χ3n) is 4.71. The molecule has 0 aliphatic rings. The molecule has 4 nitrogen and oxygen atoms in total. The normalized spacial score (nSPS) is 12.8. The molecule has 0 aliphatic carbocycles. The van der Waals surface area contributed by atoms with Crippen LogP contribution in [0.5, 0.6) is 0 Å². The molecule has 0 saturated heterocycles. The summed E-state index contributed by atoms with van der Waals surface area (Å²) in [6.07, 6.45) is 17.2. The Hall–Kier alpha value is -1.03. The SMILES string of the molecule is CCCCCCCCCCC[C@@H](/C=C(\CCCC(=O)OC)OCC)OCC. The van der Waals surface area contributed by atoms with Crippen LogP contribution in [0, 0.1) is 0 Å². The molecule has 1 atom stereocenters. The van der Waals surface area contributed by atoms with Crippen molar-refractivity contribution in [1.82, 2.24) is 0 Å². The van der Waals surface area contributed by atoms with Crippen LogP contribution in [0.2, 0.25) is 0 Å². The Morgan fingerprint density at radius 3 is 2.00 bits per heavy atom. The van der Waals surface area contributed by atoms with Crippen molar-refractivity contribution in [3.05, 3.63) is 11.8 Å². The molecule has 27 heavy (non-hydrogen) atoms. The lowest BCUT2D eigenvalue weighted by Crippen LogP contribution is -2.12. The van der Waals surface area contributed by atoms with Gasteiger partial charge in [-0.2, -0.15) is 0 Å². The van der Waals surface area contributed by atoms with Crippen LogP contribution >= 0.6 is 0 Å². The van der Waals surface area contributed by atoms with Crippen molar-refractivity contribution in [2.75, 3.05) is 20.3 Å². The van der Waals surface area contributed by atoms with Gasteiger partial charge >= 0.3 is 5.97 Å². The Labute approximate surface area is 168 Å². The second-order valence-electron chi connectivity index (χ2n) is 7.11. The Morgan fingerprint density at radius 2 is 1.44 bits per heavy atom. The highest BCUT2D eigenvalue weighted by atomic mass is 16.5. The van der Waals surface area contributed by atoms with Gasteiger partial charge in [0.15, 0.2) is 0 Å². The van der Waals surface area contributed by atoms with Gasteiger partial charge in [-0.1, -0.05) is 64.7 Å². The van der Waals surface area contributed by atoms with E-state index in [4.69, 9.17) is 14.2 Å². The predicted octanol–water partition coefficient (Wildman–Crippen LogP) is 6.58. The molecule has 0 unspecified atom stereocenters. The van der Waals surface area contributed by atoms with E-state index in [1.165, 1.54) is 64.9 Å². The Balaban J connectivity index is 4.15. The minimum Gasteiger partial charge on any atom is -0.498 e. The van der Waals surface area contributed by atoms with Crippen molar-refractivity contribution < 1.29 is 19.0 Å². The van der Waals surface area contributed by atoms with Crippen LogP contribution in [0.25, 0.3) is 0 Å². The highest BCUT2D eigenvalue weighted by Crippen LogP contribution is 2.17. The Bertz CT molecular complexity index is 365. The van der Waals surface area contributed by atoms with Crippen LogP contribution in [0.1, 0.15) is 104 Å². The number of allylic oxidation sites excluding steroid dienone is 1. The van der Waals surface area contributed by atoms with Crippen LogP contribution in [0.15, 0.2) is 11.8 Å². The molecule has 160 valence electrons. The first-order valence-electron chi connectivity index (χ1n) is 11.2. The topological polar surface area (TPSA) is 44.8 Å². The number of ether oxygens (including phenoxy) is 3. The number of carbonyl (C=O) groups excluding carboxylic acids is 1. The summed E-state index contributed by atoms with van der Waals surface area (Å²) in [5.74, 6) is 0.776. The predicted molar refractivity (Wildman–Crippen MR) is 113 cm³/mol. The van der Waals surface area contributed by atoms with Crippen LogP contribution in [0.3, 0.4) is 0 Å². The van der Waals surface area contributed by atoms with Gasteiger partial charge in [-0.05, 0) is 32.8 Å². The fraction of sp³-hybridized carbons (Fsp3) is 0.870. The molecule has 0 aromatic rings. The fourth-order valence-electron chi connectivity index (χ4n) is 3.19. The summed E-state index contributed by atoms with van der Waals surface area (Å²) in [5, 5.41) is 0. The first kappa shape index (κ1) is 26.0. The van der Waals surface area contributed by atoms with Crippen LogP contribution < -0.4 is 0 Å². The number of methoxy groups -OCH3 is 1. The molecule has 0 amide bonds. The first-order chi connectivity index (χ1) is 13.2. The van der Waals surface area contributed by atoms with Crippen molar-refractivity contribution in [1.29, 1.82) is 0 Å². The van der Waals surface area contributed by atoms with Crippen LogP contribution in [-0.2, 0) is 19.0 Å². The maximum absolute atomic E-state index is 11.3. The van der Waals surface area contributed by atoms with Crippen LogP contribution in [0.4, 0.5) is 0 Å². The van der Waals surface area contributed by atoms with Crippen molar-refractivity contribution >= 4 is 5.97 Å². The molecule has 0 spiro atoms. The maximum atomic E-state index is 11.3. The monoisotopic (exact) mass is 384 g/mol. The molecule has 0 fully saturated rings. The van der Waals surface area contributed by atoms with Gasteiger partial charge in [0.1, 0.15) is 0 Å². The average Bonchev–Trinajstić information content (AvgIpc) is 2.66. The molecular weight excluding hydrogens is 340 g/mol. The molecule has 4 heteroatoms. The van der Waals surface area contributed by atoms with E-state index in [0.29, 0.717) is 19.6 Å². The van der Waals surface area contributed by atoms with Crippen molar-refractivity contribution in [2.24, 2.45) is 0 Å². The molecule has 0 N–H and O–H groups in total. The number of unbranched alkanes of at least 4 members (excludes halogenated alkanes) is 8.